The highest BCUT2D eigenvalue weighted by Crippen LogP contribution is 2.69. The van der Waals surface area contributed by atoms with Crippen LogP contribution in [0.3, 0.4) is 0 Å². The summed E-state index contributed by atoms with van der Waals surface area (Å²) in [5.41, 5.74) is 0.176. The molecular formula is C22H35O5P. The standard InChI is InChI=1S/C22H35O5P/c1-21-11-9-15(28(25,26-3)27-4)13-14(21)5-6-16-17-7-8-19(20(23)24)22(17,2)12-10-18(16)21/h13-14,16-19H,5-12H2,1-4H3,(H,23,24)/t14?,16-,17-,18-,19+,21-,22-/m0/s1. The number of carboxylic acid groups (broad SMARTS) is 1. The molecule has 7 atom stereocenters. The molecule has 4 rings (SSSR count). The zero-order valence-electron chi connectivity index (χ0n) is 17.6. The van der Waals surface area contributed by atoms with Crippen molar-refractivity contribution in [3.63, 3.8) is 0 Å². The maximum absolute atomic E-state index is 12.9. The Morgan fingerprint density at radius 1 is 1.04 bits per heavy atom. The van der Waals surface area contributed by atoms with E-state index in [9.17, 15) is 14.5 Å². The highest BCUT2D eigenvalue weighted by molar-refractivity contribution is 7.58. The molecule has 158 valence electrons. The fourth-order valence-electron chi connectivity index (χ4n) is 7.79. The molecule has 0 amide bonds. The molecule has 0 heterocycles. The molecule has 28 heavy (non-hydrogen) atoms. The maximum atomic E-state index is 12.9. The topological polar surface area (TPSA) is 72.8 Å². The molecule has 6 heteroatoms. The second-order valence-corrected chi connectivity index (χ2v) is 12.4. The molecule has 3 fully saturated rings. The molecule has 0 saturated heterocycles. The summed E-state index contributed by atoms with van der Waals surface area (Å²) in [4.78, 5) is 11.8. The van der Waals surface area contributed by atoms with Gasteiger partial charge in [-0.2, -0.15) is 0 Å². The van der Waals surface area contributed by atoms with Crippen LogP contribution in [0.1, 0.15) is 65.2 Å². The number of aliphatic carboxylic acids is 1. The van der Waals surface area contributed by atoms with Gasteiger partial charge in [-0.15, -0.1) is 0 Å². The fraction of sp³-hybridized carbons (Fsp3) is 0.864. The number of carbonyl (C=O) groups is 1. The summed E-state index contributed by atoms with van der Waals surface area (Å²) in [5, 5.41) is 10.6. The van der Waals surface area contributed by atoms with Crippen LogP contribution in [0, 0.1) is 40.4 Å². The third-order valence-corrected chi connectivity index (χ3v) is 11.4. The van der Waals surface area contributed by atoms with Crippen LogP contribution >= 0.6 is 7.60 Å². The number of hydrogen-bond acceptors (Lipinski definition) is 4. The van der Waals surface area contributed by atoms with E-state index in [1.807, 2.05) is 0 Å². The number of allylic oxidation sites excluding steroid dienone is 2. The average molecular weight is 410 g/mol. The summed E-state index contributed by atoms with van der Waals surface area (Å²) in [7, 11) is -0.200. The summed E-state index contributed by atoms with van der Waals surface area (Å²) in [6, 6.07) is 0. The van der Waals surface area contributed by atoms with Crippen molar-refractivity contribution in [1.82, 2.24) is 0 Å². The van der Waals surface area contributed by atoms with Crippen LogP contribution in [0.4, 0.5) is 0 Å². The van der Waals surface area contributed by atoms with Gasteiger partial charge in [0.1, 0.15) is 0 Å². The second-order valence-electron chi connectivity index (χ2n) is 10.1. The summed E-state index contributed by atoms with van der Waals surface area (Å²) >= 11 is 0. The molecule has 4 aliphatic carbocycles. The summed E-state index contributed by atoms with van der Waals surface area (Å²) in [5.74, 6) is 1.46. The first-order chi connectivity index (χ1) is 13.2. The van der Waals surface area contributed by atoms with Gasteiger partial charge < -0.3 is 14.2 Å². The monoisotopic (exact) mass is 410 g/mol. The highest BCUT2D eigenvalue weighted by atomic mass is 31.2. The molecule has 0 aromatic heterocycles. The zero-order chi connectivity index (χ0) is 20.3. The summed E-state index contributed by atoms with van der Waals surface area (Å²) in [6.07, 6.45) is 10.3. The highest BCUT2D eigenvalue weighted by Gasteiger charge is 2.61. The van der Waals surface area contributed by atoms with E-state index in [1.54, 1.807) is 0 Å². The quantitative estimate of drug-likeness (QED) is 0.601. The molecular weight excluding hydrogens is 375 g/mol. The Kier molecular flexibility index (Phi) is 5.13. The number of fused-ring (bicyclic) bond motifs is 5. The fourth-order valence-corrected chi connectivity index (χ4v) is 9.15. The van der Waals surface area contributed by atoms with E-state index in [4.69, 9.17) is 9.05 Å². The lowest BCUT2D eigenvalue weighted by Crippen LogP contribution is -2.52. The van der Waals surface area contributed by atoms with Gasteiger partial charge in [0.15, 0.2) is 0 Å². The van der Waals surface area contributed by atoms with Crippen LogP contribution in [0.5, 0.6) is 0 Å². The van der Waals surface area contributed by atoms with Crippen molar-refractivity contribution in [2.45, 2.75) is 65.2 Å². The van der Waals surface area contributed by atoms with Gasteiger partial charge in [0.05, 0.1) is 5.92 Å². The molecule has 0 bridgehead atoms. The minimum absolute atomic E-state index is 0.0341. The molecule has 0 radical (unpaired) electrons. The van der Waals surface area contributed by atoms with Gasteiger partial charge in [-0.05, 0) is 85.9 Å². The van der Waals surface area contributed by atoms with Crippen molar-refractivity contribution in [2.24, 2.45) is 40.4 Å². The Bertz CT molecular complexity index is 724. The van der Waals surface area contributed by atoms with Crippen molar-refractivity contribution in [3.8, 4) is 0 Å². The third-order valence-electron chi connectivity index (χ3n) is 9.39. The van der Waals surface area contributed by atoms with E-state index < -0.39 is 13.6 Å². The predicted octanol–water partition coefficient (Wildman–Crippen LogP) is 5.71. The molecule has 1 N–H and O–H groups in total. The Balaban J connectivity index is 1.61. The molecule has 0 spiro atoms. The normalized spacial score (nSPS) is 45.6. The van der Waals surface area contributed by atoms with E-state index in [-0.39, 0.29) is 16.7 Å². The van der Waals surface area contributed by atoms with Crippen LogP contribution in [0.15, 0.2) is 11.4 Å². The summed E-state index contributed by atoms with van der Waals surface area (Å²) < 4.78 is 23.4. The van der Waals surface area contributed by atoms with Gasteiger partial charge in [-0.3, -0.25) is 9.36 Å². The minimum Gasteiger partial charge on any atom is -0.481 e. The lowest BCUT2D eigenvalue weighted by atomic mass is 9.45. The van der Waals surface area contributed by atoms with Crippen LogP contribution < -0.4 is 0 Å². The Hall–Kier alpha value is -0.640. The largest absolute Gasteiger partial charge is 0.481 e. The van der Waals surface area contributed by atoms with E-state index in [0.717, 1.165) is 56.7 Å². The summed E-state index contributed by atoms with van der Waals surface area (Å²) in [6.45, 7) is 4.68. The minimum atomic E-state index is -3.14. The first kappa shape index (κ1) is 20.6. The average Bonchev–Trinajstić information content (AvgIpc) is 3.04. The lowest BCUT2D eigenvalue weighted by molar-refractivity contribution is -0.150. The van der Waals surface area contributed by atoms with Crippen LogP contribution in [-0.2, 0) is 18.4 Å². The van der Waals surface area contributed by atoms with E-state index >= 15 is 0 Å². The SMILES string of the molecule is COP(=O)(OC)C1=CC2CC[C@H]3[C@@H]4CC[C@H](C(=O)O)[C@@]4(C)CC[C@@H]3[C@@]2(C)CC1. The first-order valence-electron chi connectivity index (χ1n) is 10.8. The Morgan fingerprint density at radius 2 is 1.71 bits per heavy atom. The number of rotatable bonds is 4. The maximum Gasteiger partial charge on any atom is 0.356 e. The Labute approximate surface area is 168 Å². The smallest absolute Gasteiger partial charge is 0.356 e. The second kappa shape index (κ2) is 6.96. The molecule has 0 aromatic rings. The van der Waals surface area contributed by atoms with Gasteiger partial charge in [0.2, 0.25) is 0 Å². The molecule has 3 saturated carbocycles. The lowest BCUT2D eigenvalue weighted by Gasteiger charge is -2.59. The molecule has 5 nitrogen and oxygen atoms in total. The Morgan fingerprint density at radius 3 is 2.36 bits per heavy atom. The van der Waals surface area contributed by atoms with Crippen molar-refractivity contribution >= 4 is 13.6 Å². The van der Waals surface area contributed by atoms with Crippen molar-refractivity contribution < 1.29 is 23.5 Å². The van der Waals surface area contributed by atoms with Crippen molar-refractivity contribution in [3.05, 3.63) is 11.4 Å². The van der Waals surface area contributed by atoms with Crippen molar-refractivity contribution in [2.75, 3.05) is 14.2 Å². The number of carboxylic acids is 1. The van der Waals surface area contributed by atoms with E-state index in [2.05, 4.69) is 19.9 Å². The molecule has 0 aliphatic heterocycles. The van der Waals surface area contributed by atoms with Gasteiger partial charge in [0.25, 0.3) is 0 Å². The van der Waals surface area contributed by atoms with Gasteiger partial charge >= 0.3 is 13.6 Å². The predicted molar refractivity (Wildman–Crippen MR) is 108 cm³/mol. The third kappa shape index (κ3) is 2.80. The van der Waals surface area contributed by atoms with E-state index in [1.165, 1.54) is 14.2 Å². The molecule has 4 aliphatic rings. The number of hydrogen-bond donors (Lipinski definition) is 1. The van der Waals surface area contributed by atoms with Gasteiger partial charge in [0, 0.05) is 19.5 Å². The molecule has 0 aromatic carbocycles. The van der Waals surface area contributed by atoms with Crippen molar-refractivity contribution in [1.29, 1.82) is 0 Å². The van der Waals surface area contributed by atoms with Crippen LogP contribution in [-0.4, -0.2) is 25.3 Å². The molecule has 1 unspecified atom stereocenters. The first-order valence-corrected chi connectivity index (χ1v) is 12.4. The van der Waals surface area contributed by atoms with Crippen LogP contribution in [0.25, 0.3) is 0 Å². The zero-order valence-corrected chi connectivity index (χ0v) is 18.5. The van der Waals surface area contributed by atoms with Gasteiger partial charge in [-0.25, -0.2) is 0 Å². The van der Waals surface area contributed by atoms with E-state index in [0.29, 0.717) is 23.7 Å². The van der Waals surface area contributed by atoms with Gasteiger partial charge in [-0.1, -0.05) is 19.9 Å². The van der Waals surface area contributed by atoms with Crippen LogP contribution in [0.2, 0.25) is 0 Å².